The second-order valence-electron chi connectivity index (χ2n) is 14.0. The molecule has 2 aliphatic rings. The van der Waals surface area contributed by atoms with Gasteiger partial charge < -0.3 is 14.8 Å². The number of imidazole rings is 1. The quantitative estimate of drug-likeness (QED) is 0.265. The second kappa shape index (κ2) is 13.2. The van der Waals surface area contributed by atoms with Crippen LogP contribution < -0.4 is 5.32 Å². The van der Waals surface area contributed by atoms with Crippen LogP contribution in [0.5, 0.6) is 0 Å². The molecule has 0 spiro atoms. The molecule has 2 fully saturated rings. The van der Waals surface area contributed by atoms with E-state index in [2.05, 4.69) is 22.4 Å². The van der Waals surface area contributed by atoms with Crippen molar-refractivity contribution in [2.75, 3.05) is 13.7 Å². The average Bonchev–Trinajstić information content (AvgIpc) is 3.67. The van der Waals surface area contributed by atoms with Crippen molar-refractivity contribution in [2.45, 2.75) is 97.3 Å². The van der Waals surface area contributed by atoms with Gasteiger partial charge in [-0.15, -0.1) is 0 Å². The molecule has 3 aromatic rings. The number of rotatable bonds is 8. The maximum absolute atomic E-state index is 15.2. The lowest BCUT2D eigenvalue weighted by Crippen LogP contribution is -2.62. The van der Waals surface area contributed by atoms with Crippen molar-refractivity contribution in [1.82, 2.24) is 34.6 Å². The number of esters is 1. The highest BCUT2D eigenvalue weighted by atomic mass is 19.3. The number of likely N-dealkylation sites (tertiary alicyclic amines) is 1. The third kappa shape index (κ3) is 7.19. The van der Waals surface area contributed by atoms with Crippen LogP contribution in [-0.2, 0) is 32.0 Å². The summed E-state index contributed by atoms with van der Waals surface area (Å²) in [5, 5.41) is 11.8. The zero-order valence-electron chi connectivity index (χ0n) is 28.2. The molecule has 1 saturated carbocycles. The molecule has 48 heavy (non-hydrogen) atoms. The first-order valence-electron chi connectivity index (χ1n) is 16.2. The number of amides is 3. The molecule has 260 valence electrons. The first kappa shape index (κ1) is 34.9. The number of halogens is 2. The summed E-state index contributed by atoms with van der Waals surface area (Å²) in [7, 11) is 0.998. The van der Waals surface area contributed by atoms with Crippen LogP contribution in [0.2, 0.25) is 0 Å². The number of fused-ring (bicyclic) bond motifs is 1. The Labute approximate surface area is 277 Å². The number of ether oxygens (including phenoxy) is 2. The molecule has 1 saturated heterocycles. The number of nitrogens with zero attached hydrogens (tertiary/aromatic N) is 6. The number of methoxy groups -OCH3 is 1. The van der Waals surface area contributed by atoms with Crippen molar-refractivity contribution in [1.29, 1.82) is 0 Å². The van der Waals surface area contributed by atoms with Crippen molar-refractivity contribution in [2.24, 2.45) is 17.3 Å². The van der Waals surface area contributed by atoms with Crippen LogP contribution >= 0.6 is 0 Å². The van der Waals surface area contributed by atoms with Crippen molar-refractivity contribution in [3.63, 3.8) is 0 Å². The topological polar surface area (TPSA) is 150 Å². The Morgan fingerprint density at radius 1 is 1.15 bits per heavy atom. The molecule has 13 nitrogen and oxygen atoms in total. The largest absolute Gasteiger partial charge is 0.468 e. The van der Waals surface area contributed by atoms with Gasteiger partial charge in [0, 0.05) is 19.2 Å². The third-order valence-corrected chi connectivity index (χ3v) is 9.08. The van der Waals surface area contributed by atoms with Gasteiger partial charge in [-0.3, -0.25) is 19.1 Å². The molecule has 0 aromatic carbocycles. The number of alkyl halides is 2. The van der Waals surface area contributed by atoms with Crippen LogP contribution in [0.4, 0.5) is 13.6 Å². The second-order valence-corrected chi connectivity index (χ2v) is 14.0. The summed E-state index contributed by atoms with van der Waals surface area (Å²) >= 11 is 0. The Morgan fingerprint density at radius 2 is 1.85 bits per heavy atom. The van der Waals surface area contributed by atoms with Crippen LogP contribution in [0.25, 0.3) is 5.65 Å². The van der Waals surface area contributed by atoms with Gasteiger partial charge in [0.25, 0.3) is 11.8 Å². The molecule has 15 heteroatoms. The SMILES string of the molecule is CCn1nccc1C(=O)N[C@H](c1cn2ncc(CC3(C(=O)OC)CC(F)(F)CN(C(=O)OC(C)(C)C)C3=O)cc2n1)C1CCC(C)CC1. The minimum Gasteiger partial charge on any atom is -0.468 e. The molecule has 3 amide bonds. The van der Waals surface area contributed by atoms with E-state index in [1.807, 2.05) is 6.92 Å². The Balaban J connectivity index is 1.48. The minimum absolute atomic E-state index is 0.107. The summed E-state index contributed by atoms with van der Waals surface area (Å²) < 4.78 is 43.7. The van der Waals surface area contributed by atoms with E-state index in [4.69, 9.17) is 14.5 Å². The van der Waals surface area contributed by atoms with Gasteiger partial charge in [-0.25, -0.2) is 28.0 Å². The number of aromatic nitrogens is 5. The first-order valence-corrected chi connectivity index (χ1v) is 16.2. The predicted molar refractivity (Wildman–Crippen MR) is 168 cm³/mol. The molecule has 0 bridgehead atoms. The van der Waals surface area contributed by atoms with Crippen LogP contribution in [0.1, 0.15) is 94.5 Å². The Morgan fingerprint density at radius 3 is 2.50 bits per heavy atom. The zero-order chi connectivity index (χ0) is 35.0. The molecule has 2 atom stereocenters. The fourth-order valence-electron chi connectivity index (χ4n) is 6.74. The lowest BCUT2D eigenvalue weighted by Gasteiger charge is -2.42. The van der Waals surface area contributed by atoms with E-state index in [0.717, 1.165) is 32.8 Å². The summed E-state index contributed by atoms with van der Waals surface area (Å²) in [6, 6.07) is 2.76. The fourth-order valence-corrected chi connectivity index (χ4v) is 6.74. The summed E-state index contributed by atoms with van der Waals surface area (Å²) in [5.41, 5.74) is -1.94. The molecule has 1 aliphatic carbocycles. The zero-order valence-corrected chi connectivity index (χ0v) is 28.2. The van der Waals surface area contributed by atoms with E-state index in [9.17, 15) is 19.2 Å². The molecule has 5 rings (SSSR count). The van der Waals surface area contributed by atoms with E-state index in [0.29, 0.717) is 29.5 Å². The standard InChI is InChI=1S/C33H43F2N7O6/c1-7-41-24(12-13-36-41)27(43)39-26(22-10-8-20(2)9-11-22)23-17-42-25(38-23)14-21(16-37-42)15-32(29(45)47-6)18-33(34,35)19-40(28(32)44)30(46)48-31(3,4)5/h12-14,16-17,20,22,26H,7-11,15,18-19H2,1-6H3,(H,39,43)/t20?,22?,26-,32?/m0/s1. The third-order valence-electron chi connectivity index (χ3n) is 9.08. The number of imide groups is 1. The number of aryl methyl sites for hydroxylation is 1. The Kier molecular flexibility index (Phi) is 9.62. The van der Waals surface area contributed by atoms with Crippen molar-refractivity contribution in [3.05, 3.63) is 47.7 Å². The normalized spacial score (nSPS) is 23.5. The lowest BCUT2D eigenvalue weighted by molar-refractivity contribution is -0.182. The van der Waals surface area contributed by atoms with Crippen LogP contribution in [0.3, 0.4) is 0 Å². The van der Waals surface area contributed by atoms with E-state index in [1.165, 1.54) is 31.5 Å². The van der Waals surface area contributed by atoms with Gasteiger partial charge in [0.15, 0.2) is 11.1 Å². The van der Waals surface area contributed by atoms with Gasteiger partial charge >= 0.3 is 12.1 Å². The number of hydrogen-bond acceptors (Lipinski definition) is 9. The molecule has 0 radical (unpaired) electrons. The number of nitrogens with one attached hydrogen (secondary N) is 1. The van der Waals surface area contributed by atoms with E-state index in [-0.39, 0.29) is 22.3 Å². The van der Waals surface area contributed by atoms with Crippen molar-refractivity contribution >= 4 is 29.5 Å². The molecule has 1 N–H and O–H groups in total. The predicted octanol–water partition coefficient (Wildman–Crippen LogP) is 4.75. The van der Waals surface area contributed by atoms with E-state index >= 15 is 8.78 Å². The number of hydrogen-bond donors (Lipinski definition) is 1. The fraction of sp³-hybridized carbons (Fsp3) is 0.606. The maximum atomic E-state index is 15.2. The Hall–Kier alpha value is -4.43. The summed E-state index contributed by atoms with van der Waals surface area (Å²) in [5.74, 6) is -5.55. The molecule has 1 aliphatic heterocycles. The molecular weight excluding hydrogens is 628 g/mol. The smallest absolute Gasteiger partial charge is 0.417 e. The van der Waals surface area contributed by atoms with Gasteiger partial charge in [0.2, 0.25) is 5.91 Å². The lowest BCUT2D eigenvalue weighted by atomic mass is 9.73. The highest BCUT2D eigenvalue weighted by Crippen LogP contribution is 2.44. The van der Waals surface area contributed by atoms with E-state index in [1.54, 1.807) is 29.2 Å². The molecule has 4 heterocycles. The summed E-state index contributed by atoms with van der Waals surface area (Å²) in [6.45, 7) is 8.02. The molecule has 1 unspecified atom stereocenters. The monoisotopic (exact) mass is 671 g/mol. The van der Waals surface area contributed by atoms with Gasteiger partial charge in [-0.05, 0) is 76.5 Å². The first-order chi connectivity index (χ1) is 22.6. The van der Waals surface area contributed by atoms with Gasteiger partial charge in [0.05, 0.1) is 37.8 Å². The maximum Gasteiger partial charge on any atom is 0.417 e. The van der Waals surface area contributed by atoms with Crippen LogP contribution in [0.15, 0.2) is 30.7 Å². The van der Waals surface area contributed by atoms with Gasteiger partial charge in [-0.1, -0.05) is 19.8 Å². The van der Waals surface area contributed by atoms with Crippen molar-refractivity contribution < 1.29 is 37.4 Å². The van der Waals surface area contributed by atoms with Gasteiger partial charge in [-0.2, -0.15) is 10.2 Å². The van der Waals surface area contributed by atoms with Crippen LogP contribution in [0, 0.1) is 17.3 Å². The van der Waals surface area contributed by atoms with Crippen molar-refractivity contribution in [3.8, 4) is 0 Å². The van der Waals surface area contributed by atoms with E-state index < -0.39 is 60.3 Å². The minimum atomic E-state index is -3.60. The summed E-state index contributed by atoms with van der Waals surface area (Å²) in [6.07, 6.45) is 5.46. The number of carbonyl (C=O) groups is 4. The average molecular weight is 672 g/mol. The highest BCUT2D eigenvalue weighted by molar-refractivity contribution is 6.08. The Bertz CT molecular complexity index is 1690. The number of carbonyl (C=O) groups excluding carboxylic acids is 4. The van der Waals surface area contributed by atoms with Gasteiger partial charge in [0.1, 0.15) is 11.3 Å². The highest BCUT2D eigenvalue weighted by Gasteiger charge is 2.61. The number of piperidine rings is 1. The van der Waals surface area contributed by atoms with Crippen LogP contribution in [-0.4, -0.2) is 78.3 Å². The summed E-state index contributed by atoms with van der Waals surface area (Å²) in [4.78, 5) is 58.4. The molecular formula is C33H43F2N7O6. The molecule has 3 aromatic heterocycles.